The third-order valence-electron chi connectivity index (χ3n) is 7.69. The van der Waals surface area contributed by atoms with Gasteiger partial charge >= 0.3 is 0 Å². The van der Waals surface area contributed by atoms with Crippen molar-refractivity contribution in [3.8, 4) is 5.75 Å². The van der Waals surface area contributed by atoms with Crippen LogP contribution in [0.1, 0.15) is 53.1 Å². The molecule has 214 valence electrons. The number of methoxy groups -OCH3 is 1. The Balaban J connectivity index is 1.35. The lowest BCUT2D eigenvalue weighted by Crippen LogP contribution is -2.46. The van der Waals surface area contributed by atoms with Crippen molar-refractivity contribution in [1.82, 2.24) is 0 Å². The first-order valence-electron chi connectivity index (χ1n) is 14.5. The predicted molar refractivity (Wildman–Crippen MR) is 161 cm³/mol. The smallest absolute Gasteiger partial charge is 0.195 e. The van der Waals surface area contributed by atoms with Gasteiger partial charge in [0.05, 0.1) is 39.1 Å². The Hall–Kier alpha value is -3.48. The molecular weight excluding hydrogens is 512 g/mol. The van der Waals surface area contributed by atoms with Crippen LogP contribution < -0.4 is 4.74 Å². The average Bonchev–Trinajstić information content (AvgIpc) is 3.01. The quantitative estimate of drug-likeness (QED) is 0.206. The van der Waals surface area contributed by atoms with Gasteiger partial charge in [0.15, 0.2) is 5.79 Å². The lowest BCUT2D eigenvalue weighted by atomic mass is 9.90. The molecule has 0 spiro atoms. The highest BCUT2D eigenvalue weighted by Crippen LogP contribution is 2.39. The molecule has 3 atom stereocenters. The summed E-state index contributed by atoms with van der Waals surface area (Å²) in [6, 6.07) is 34.7. The molecule has 1 aliphatic rings. The summed E-state index contributed by atoms with van der Waals surface area (Å²) in [5.41, 5.74) is 6.38. The summed E-state index contributed by atoms with van der Waals surface area (Å²) in [6.45, 7) is 3.47. The molecule has 0 bridgehead atoms. The summed E-state index contributed by atoms with van der Waals surface area (Å²) < 4.78 is 24.5. The van der Waals surface area contributed by atoms with Crippen molar-refractivity contribution in [2.75, 3.05) is 13.7 Å². The minimum absolute atomic E-state index is 0.202. The second kappa shape index (κ2) is 13.9. The number of benzene rings is 4. The van der Waals surface area contributed by atoms with E-state index in [1.54, 1.807) is 7.11 Å². The van der Waals surface area contributed by atoms with Gasteiger partial charge < -0.3 is 24.1 Å². The Morgan fingerprint density at radius 3 is 2.12 bits per heavy atom. The molecule has 1 heterocycles. The van der Waals surface area contributed by atoms with Gasteiger partial charge in [0.1, 0.15) is 5.75 Å². The highest BCUT2D eigenvalue weighted by Gasteiger charge is 2.42. The van der Waals surface area contributed by atoms with Crippen molar-refractivity contribution in [2.45, 2.75) is 63.8 Å². The van der Waals surface area contributed by atoms with Crippen LogP contribution in [0.4, 0.5) is 0 Å². The number of hydrogen-bond donors (Lipinski definition) is 1. The van der Waals surface area contributed by atoms with Gasteiger partial charge in [0.2, 0.25) is 0 Å². The Labute approximate surface area is 243 Å². The van der Waals surface area contributed by atoms with Crippen LogP contribution in [0, 0.1) is 0 Å². The topological polar surface area (TPSA) is 57.2 Å². The second-order valence-electron chi connectivity index (χ2n) is 10.8. The third kappa shape index (κ3) is 7.84. The Bertz CT molecular complexity index is 1360. The molecule has 0 aromatic heterocycles. The van der Waals surface area contributed by atoms with Crippen LogP contribution in [-0.4, -0.2) is 31.0 Å². The zero-order valence-electron chi connectivity index (χ0n) is 24.0. The number of aryl methyl sites for hydroxylation is 1. The summed E-state index contributed by atoms with van der Waals surface area (Å²) in [7, 11) is 1.68. The standard InChI is InChI=1S/C36H40O5/c1-3-27-14-16-28(17-15-27)20-31-21-32(18-19-35(31)38-2)36(37)23-33(40-25-30-12-8-5-9-13-30)22-34(41-36)26-39-24-29-10-6-4-7-11-29/h4-19,21,33-34,37H,3,20,22-26H2,1-2H3/t33-,34-,36?/m0/s1. The average molecular weight is 553 g/mol. The van der Waals surface area contributed by atoms with Crippen molar-refractivity contribution in [1.29, 1.82) is 0 Å². The van der Waals surface area contributed by atoms with Crippen molar-refractivity contribution in [3.05, 3.63) is 137 Å². The molecule has 1 fully saturated rings. The number of rotatable bonds is 12. The van der Waals surface area contributed by atoms with Crippen molar-refractivity contribution in [3.63, 3.8) is 0 Å². The van der Waals surface area contributed by atoms with E-state index < -0.39 is 5.79 Å². The minimum atomic E-state index is -1.52. The van der Waals surface area contributed by atoms with Crippen LogP contribution in [0.5, 0.6) is 5.75 Å². The number of ether oxygens (including phenoxy) is 4. The van der Waals surface area contributed by atoms with Crippen LogP contribution >= 0.6 is 0 Å². The van der Waals surface area contributed by atoms with Gasteiger partial charge in [-0.25, -0.2) is 0 Å². The van der Waals surface area contributed by atoms with Crippen LogP contribution in [0.3, 0.4) is 0 Å². The molecule has 0 radical (unpaired) electrons. The van der Waals surface area contributed by atoms with E-state index >= 15 is 0 Å². The van der Waals surface area contributed by atoms with Gasteiger partial charge in [-0.05, 0) is 52.4 Å². The summed E-state index contributed by atoms with van der Waals surface area (Å²) in [5, 5.41) is 12.0. The Kier molecular flexibility index (Phi) is 9.86. The van der Waals surface area contributed by atoms with Crippen LogP contribution in [0.25, 0.3) is 0 Å². The molecule has 0 aliphatic carbocycles. The predicted octanol–water partition coefficient (Wildman–Crippen LogP) is 6.97. The van der Waals surface area contributed by atoms with Crippen LogP contribution in [0.15, 0.2) is 103 Å². The molecule has 1 saturated heterocycles. The van der Waals surface area contributed by atoms with Crippen molar-refractivity contribution in [2.24, 2.45) is 0 Å². The Morgan fingerprint density at radius 2 is 1.46 bits per heavy atom. The Morgan fingerprint density at radius 1 is 0.805 bits per heavy atom. The SMILES string of the molecule is CCc1ccc(Cc2cc(C3(O)C[C@@H](OCc4ccccc4)C[C@@H](COCc4ccccc4)O3)ccc2OC)cc1. The van der Waals surface area contributed by atoms with E-state index in [1.807, 2.05) is 66.7 Å². The lowest BCUT2D eigenvalue weighted by Gasteiger charge is -2.41. The van der Waals surface area contributed by atoms with E-state index in [0.29, 0.717) is 44.6 Å². The molecule has 4 aromatic rings. The maximum atomic E-state index is 12.0. The maximum absolute atomic E-state index is 12.0. The fraction of sp³-hybridized carbons (Fsp3) is 0.333. The first-order valence-corrected chi connectivity index (χ1v) is 14.5. The maximum Gasteiger partial charge on any atom is 0.195 e. The normalized spacial score (nSPS) is 20.6. The molecule has 1 unspecified atom stereocenters. The van der Waals surface area contributed by atoms with E-state index in [4.69, 9.17) is 18.9 Å². The summed E-state index contributed by atoms with van der Waals surface area (Å²) >= 11 is 0. The first-order chi connectivity index (χ1) is 20.0. The molecule has 5 rings (SSSR count). The molecule has 0 saturated carbocycles. The first kappa shape index (κ1) is 29.0. The van der Waals surface area contributed by atoms with E-state index in [2.05, 4.69) is 43.3 Å². The summed E-state index contributed by atoms with van der Waals surface area (Å²) in [4.78, 5) is 0. The largest absolute Gasteiger partial charge is 0.496 e. The second-order valence-corrected chi connectivity index (χ2v) is 10.8. The highest BCUT2D eigenvalue weighted by molar-refractivity contribution is 5.42. The van der Waals surface area contributed by atoms with Crippen LogP contribution in [0.2, 0.25) is 0 Å². The van der Waals surface area contributed by atoms with Gasteiger partial charge in [-0.2, -0.15) is 0 Å². The van der Waals surface area contributed by atoms with Gasteiger partial charge in [-0.3, -0.25) is 0 Å². The van der Waals surface area contributed by atoms with Crippen molar-refractivity contribution >= 4 is 0 Å². The fourth-order valence-corrected chi connectivity index (χ4v) is 5.42. The van der Waals surface area contributed by atoms with Crippen molar-refractivity contribution < 1.29 is 24.1 Å². The monoisotopic (exact) mass is 552 g/mol. The van der Waals surface area contributed by atoms with Gasteiger partial charge in [-0.1, -0.05) is 91.9 Å². The van der Waals surface area contributed by atoms with Gasteiger partial charge in [0.25, 0.3) is 0 Å². The van der Waals surface area contributed by atoms with Gasteiger partial charge in [-0.15, -0.1) is 0 Å². The highest BCUT2D eigenvalue weighted by atomic mass is 16.6. The molecule has 0 amide bonds. The number of hydrogen-bond acceptors (Lipinski definition) is 5. The lowest BCUT2D eigenvalue weighted by molar-refractivity contribution is -0.293. The van der Waals surface area contributed by atoms with E-state index in [-0.39, 0.29) is 12.2 Å². The minimum Gasteiger partial charge on any atom is -0.496 e. The van der Waals surface area contributed by atoms with Crippen LogP contribution in [-0.2, 0) is 46.1 Å². The number of aliphatic hydroxyl groups is 1. The molecule has 1 aliphatic heterocycles. The van der Waals surface area contributed by atoms with E-state index in [9.17, 15) is 5.11 Å². The molecule has 4 aromatic carbocycles. The fourth-order valence-electron chi connectivity index (χ4n) is 5.42. The summed E-state index contributed by atoms with van der Waals surface area (Å²) in [6.07, 6.45) is 2.13. The molecule has 5 heteroatoms. The van der Waals surface area contributed by atoms with Gasteiger partial charge in [0, 0.05) is 24.8 Å². The zero-order chi connectivity index (χ0) is 28.5. The summed E-state index contributed by atoms with van der Waals surface area (Å²) in [5.74, 6) is -0.736. The zero-order valence-corrected chi connectivity index (χ0v) is 24.0. The van der Waals surface area contributed by atoms with E-state index in [0.717, 1.165) is 28.9 Å². The molecule has 1 N–H and O–H groups in total. The molecule has 5 nitrogen and oxygen atoms in total. The molecular formula is C36H40O5. The molecule has 41 heavy (non-hydrogen) atoms. The third-order valence-corrected chi connectivity index (χ3v) is 7.69. The van der Waals surface area contributed by atoms with E-state index in [1.165, 1.54) is 11.1 Å².